The maximum Gasteiger partial charge on any atom is 0.191 e. The van der Waals surface area contributed by atoms with E-state index < -0.39 is 0 Å². The Labute approximate surface area is 172 Å². The molecule has 0 atom stereocenters. The number of oxazole rings is 1. The van der Waals surface area contributed by atoms with Gasteiger partial charge in [0.05, 0.1) is 17.6 Å². The molecule has 0 fully saturated rings. The molecule has 0 amide bonds. The fraction of sp³-hybridized carbons (Fsp3) is 0.0833. The van der Waals surface area contributed by atoms with Crippen molar-refractivity contribution in [2.75, 3.05) is 5.32 Å². The molecule has 0 saturated heterocycles. The van der Waals surface area contributed by atoms with Crippen LogP contribution < -0.4 is 5.32 Å². The van der Waals surface area contributed by atoms with E-state index in [-0.39, 0.29) is 5.82 Å². The summed E-state index contributed by atoms with van der Waals surface area (Å²) in [5.41, 5.74) is 5.61. The van der Waals surface area contributed by atoms with Crippen LogP contribution >= 0.6 is 0 Å². The Morgan fingerprint density at radius 1 is 1.03 bits per heavy atom. The maximum absolute atomic E-state index is 13.1. The van der Waals surface area contributed by atoms with Gasteiger partial charge in [-0.05, 0) is 54.1 Å². The van der Waals surface area contributed by atoms with E-state index in [1.54, 1.807) is 18.3 Å². The molecule has 30 heavy (non-hydrogen) atoms. The minimum Gasteiger partial charge on any atom is -0.441 e. The number of nitrogens with one attached hydrogen (secondary N) is 1. The van der Waals surface area contributed by atoms with Crippen LogP contribution in [0.5, 0.6) is 0 Å². The molecule has 3 heterocycles. The van der Waals surface area contributed by atoms with Gasteiger partial charge in [0.25, 0.3) is 0 Å². The van der Waals surface area contributed by atoms with E-state index >= 15 is 0 Å². The molecule has 0 saturated carbocycles. The number of anilines is 2. The zero-order valence-electron chi connectivity index (χ0n) is 16.3. The van der Waals surface area contributed by atoms with Crippen molar-refractivity contribution in [1.82, 2.24) is 14.4 Å². The van der Waals surface area contributed by atoms with Crippen molar-refractivity contribution >= 4 is 17.0 Å². The molecule has 6 heteroatoms. The minimum atomic E-state index is -0.232. The summed E-state index contributed by atoms with van der Waals surface area (Å²) < 4.78 is 20.7. The van der Waals surface area contributed by atoms with Crippen molar-refractivity contribution in [1.29, 1.82) is 0 Å². The summed E-state index contributed by atoms with van der Waals surface area (Å²) in [6, 6.07) is 18.5. The number of halogens is 1. The van der Waals surface area contributed by atoms with Gasteiger partial charge in [-0.15, -0.1) is 0 Å². The quantitative estimate of drug-likeness (QED) is 0.408. The van der Waals surface area contributed by atoms with Crippen molar-refractivity contribution in [3.8, 4) is 11.3 Å². The van der Waals surface area contributed by atoms with E-state index in [9.17, 15) is 4.39 Å². The van der Waals surface area contributed by atoms with Gasteiger partial charge in [-0.25, -0.2) is 14.4 Å². The third-order valence-corrected chi connectivity index (χ3v) is 4.90. The van der Waals surface area contributed by atoms with Gasteiger partial charge in [-0.3, -0.25) is 0 Å². The third-order valence-electron chi connectivity index (χ3n) is 4.90. The molecular weight excluding hydrogens is 379 g/mol. The molecule has 0 aliphatic heterocycles. The maximum atomic E-state index is 13.1. The van der Waals surface area contributed by atoms with Crippen molar-refractivity contribution in [2.24, 2.45) is 0 Å². The summed E-state index contributed by atoms with van der Waals surface area (Å²) in [5.74, 6) is 1.17. The largest absolute Gasteiger partial charge is 0.441 e. The number of nitrogens with zero attached hydrogens (tertiary/aromatic N) is 3. The molecule has 5 nitrogen and oxygen atoms in total. The van der Waals surface area contributed by atoms with Crippen LogP contribution in [0.2, 0.25) is 0 Å². The lowest BCUT2D eigenvalue weighted by atomic mass is 10.1. The van der Waals surface area contributed by atoms with Gasteiger partial charge in [0, 0.05) is 37.0 Å². The highest BCUT2D eigenvalue weighted by atomic mass is 19.1. The number of imidazole rings is 1. The SMILES string of the molecule is Cc1ncc(-c2ccc(Nc3cccn4cc(Cc5ccc(F)cc5)nc34)cc2)o1. The zero-order chi connectivity index (χ0) is 20.5. The molecule has 0 spiro atoms. The number of fused-ring (bicyclic) bond motifs is 1. The number of hydrogen-bond donors (Lipinski definition) is 1. The molecule has 5 aromatic rings. The third kappa shape index (κ3) is 3.67. The Kier molecular flexibility index (Phi) is 4.52. The lowest BCUT2D eigenvalue weighted by molar-refractivity contribution is 0.534. The molecular formula is C24H19FN4O. The van der Waals surface area contributed by atoms with Crippen LogP contribution in [0, 0.1) is 12.7 Å². The van der Waals surface area contributed by atoms with Crippen molar-refractivity contribution in [3.05, 3.63) is 102 Å². The summed E-state index contributed by atoms with van der Waals surface area (Å²) in [4.78, 5) is 8.92. The second-order valence-electron chi connectivity index (χ2n) is 7.13. The Bertz CT molecular complexity index is 1300. The molecule has 5 rings (SSSR count). The van der Waals surface area contributed by atoms with Crippen LogP contribution in [0.4, 0.5) is 15.8 Å². The first-order chi connectivity index (χ1) is 14.6. The van der Waals surface area contributed by atoms with Gasteiger partial charge in [0.15, 0.2) is 17.3 Å². The van der Waals surface area contributed by atoms with Gasteiger partial charge >= 0.3 is 0 Å². The second kappa shape index (κ2) is 7.48. The number of rotatable bonds is 5. The first-order valence-corrected chi connectivity index (χ1v) is 9.65. The van der Waals surface area contributed by atoms with Crippen LogP contribution in [0.15, 0.2) is 83.7 Å². The number of aromatic nitrogens is 3. The van der Waals surface area contributed by atoms with E-state index in [0.717, 1.165) is 39.6 Å². The zero-order valence-corrected chi connectivity index (χ0v) is 16.3. The highest BCUT2D eigenvalue weighted by Gasteiger charge is 2.09. The van der Waals surface area contributed by atoms with Gasteiger partial charge in [0.1, 0.15) is 5.82 Å². The Hall–Kier alpha value is -3.93. The van der Waals surface area contributed by atoms with Gasteiger partial charge in [-0.1, -0.05) is 12.1 Å². The molecule has 0 bridgehead atoms. The summed E-state index contributed by atoms with van der Waals surface area (Å²) in [6.07, 6.45) is 6.34. The summed E-state index contributed by atoms with van der Waals surface area (Å²) in [7, 11) is 0. The van der Waals surface area contributed by atoms with E-state index in [1.165, 1.54) is 12.1 Å². The van der Waals surface area contributed by atoms with Crippen LogP contribution in [0.3, 0.4) is 0 Å². The summed E-state index contributed by atoms with van der Waals surface area (Å²) in [5, 5.41) is 3.44. The lowest BCUT2D eigenvalue weighted by Gasteiger charge is -2.08. The smallest absolute Gasteiger partial charge is 0.191 e. The van der Waals surface area contributed by atoms with Crippen molar-refractivity contribution in [2.45, 2.75) is 13.3 Å². The van der Waals surface area contributed by atoms with E-state index in [2.05, 4.69) is 10.3 Å². The van der Waals surface area contributed by atoms with Crippen LogP contribution in [-0.4, -0.2) is 14.4 Å². The van der Waals surface area contributed by atoms with Crippen molar-refractivity contribution < 1.29 is 8.81 Å². The Morgan fingerprint density at radius 3 is 2.57 bits per heavy atom. The monoisotopic (exact) mass is 398 g/mol. The van der Waals surface area contributed by atoms with Gasteiger partial charge in [0.2, 0.25) is 0 Å². The summed E-state index contributed by atoms with van der Waals surface area (Å²) >= 11 is 0. The molecule has 0 radical (unpaired) electrons. The first kappa shape index (κ1) is 18.1. The fourth-order valence-corrected chi connectivity index (χ4v) is 3.43. The Morgan fingerprint density at radius 2 is 1.83 bits per heavy atom. The highest BCUT2D eigenvalue weighted by Crippen LogP contribution is 2.26. The molecule has 0 aliphatic rings. The predicted octanol–water partition coefficient (Wildman–Crippen LogP) is 5.77. The number of hydrogen-bond acceptors (Lipinski definition) is 4. The van der Waals surface area contributed by atoms with Gasteiger partial charge in [-0.2, -0.15) is 0 Å². The number of benzene rings is 2. The lowest BCUT2D eigenvalue weighted by Crippen LogP contribution is -1.94. The molecule has 1 N–H and O–H groups in total. The minimum absolute atomic E-state index is 0.232. The van der Waals surface area contributed by atoms with Crippen molar-refractivity contribution in [3.63, 3.8) is 0 Å². The molecule has 3 aromatic heterocycles. The van der Waals surface area contributed by atoms with Crippen LogP contribution in [-0.2, 0) is 6.42 Å². The number of aryl methyl sites for hydroxylation is 1. The van der Waals surface area contributed by atoms with E-state index in [0.29, 0.717) is 12.3 Å². The second-order valence-corrected chi connectivity index (χ2v) is 7.13. The normalized spacial score (nSPS) is 11.1. The molecule has 148 valence electrons. The highest BCUT2D eigenvalue weighted by molar-refractivity contribution is 5.75. The average Bonchev–Trinajstić information content (AvgIpc) is 3.37. The molecule has 2 aromatic carbocycles. The summed E-state index contributed by atoms with van der Waals surface area (Å²) in [6.45, 7) is 1.83. The van der Waals surface area contributed by atoms with Gasteiger partial charge < -0.3 is 14.1 Å². The number of pyridine rings is 1. The van der Waals surface area contributed by atoms with E-state index in [1.807, 2.05) is 60.1 Å². The van der Waals surface area contributed by atoms with Crippen LogP contribution in [0.1, 0.15) is 17.1 Å². The van der Waals surface area contributed by atoms with Crippen LogP contribution in [0.25, 0.3) is 17.0 Å². The Balaban J connectivity index is 1.39. The topological polar surface area (TPSA) is 55.4 Å². The fourth-order valence-electron chi connectivity index (χ4n) is 3.43. The average molecular weight is 398 g/mol. The predicted molar refractivity (Wildman–Crippen MR) is 114 cm³/mol. The first-order valence-electron chi connectivity index (χ1n) is 9.65. The standard InChI is InChI=1S/C24H19FN4O/c1-16-26-14-23(30-16)18-6-10-20(11-7-18)27-22-3-2-12-29-15-21(28-24(22)29)13-17-4-8-19(25)9-5-17/h2-12,14-15,27H,13H2,1H3. The van der Waals surface area contributed by atoms with E-state index in [4.69, 9.17) is 9.40 Å². The molecule has 0 aliphatic carbocycles. The molecule has 0 unspecified atom stereocenters.